The Balaban J connectivity index is 1.73. The van der Waals surface area contributed by atoms with Crippen LogP contribution in [0.4, 0.5) is 0 Å². The molecule has 0 bridgehead atoms. The largest absolute Gasteiger partial charge is 0.374 e. The first-order chi connectivity index (χ1) is 12.2. The number of fused-ring (bicyclic) bond motifs is 3. The zero-order valence-electron chi connectivity index (χ0n) is 14.1. The zero-order valence-corrected chi connectivity index (χ0v) is 14.9. The van der Waals surface area contributed by atoms with E-state index in [9.17, 15) is 4.79 Å². The first-order valence-corrected chi connectivity index (χ1v) is 9.49. The number of rotatable bonds is 2. The van der Waals surface area contributed by atoms with Gasteiger partial charge in [0.1, 0.15) is 4.70 Å². The lowest BCUT2D eigenvalue weighted by atomic mass is 9.89. The summed E-state index contributed by atoms with van der Waals surface area (Å²) in [5.41, 5.74) is 2.92. The molecule has 3 aromatic heterocycles. The van der Waals surface area contributed by atoms with E-state index in [0.29, 0.717) is 13.2 Å². The van der Waals surface area contributed by atoms with E-state index in [0.717, 1.165) is 44.9 Å². The minimum Gasteiger partial charge on any atom is -0.374 e. The van der Waals surface area contributed by atoms with Gasteiger partial charge in [0.2, 0.25) is 0 Å². The van der Waals surface area contributed by atoms with Gasteiger partial charge in [-0.1, -0.05) is 0 Å². The number of aromatic nitrogens is 3. The Labute approximate surface area is 148 Å². The predicted octanol–water partition coefficient (Wildman–Crippen LogP) is 2.82. The maximum atomic E-state index is 12.8. The smallest absolute Gasteiger partial charge is 0.266 e. The van der Waals surface area contributed by atoms with Crippen LogP contribution in [0.3, 0.4) is 0 Å². The molecule has 6 nitrogen and oxygen atoms in total. The highest BCUT2D eigenvalue weighted by Gasteiger charge is 2.41. The molecule has 0 radical (unpaired) electrons. The van der Waals surface area contributed by atoms with Crippen molar-refractivity contribution < 1.29 is 4.74 Å². The fourth-order valence-electron chi connectivity index (χ4n) is 4.19. The molecule has 2 N–H and O–H groups in total. The molecule has 0 spiro atoms. The molecule has 3 aromatic rings. The number of hydrogen-bond acceptors (Lipinski definition) is 5. The standard InChI is InChI=1S/C18H20N4O2S/c1-18(22-4-2-3-5-22)10-24-9-13-12-6-14(11-7-19-20-8-11)25-15(12)17(23)21-16(13)18/h6-8H,2-5,9-10H2,1H3,(H,19,20)(H,21,23). The van der Waals surface area contributed by atoms with Crippen LogP contribution in [-0.2, 0) is 16.9 Å². The molecule has 25 heavy (non-hydrogen) atoms. The summed E-state index contributed by atoms with van der Waals surface area (Å²) in [4.78, 5) is 19.5. The second kappa shape index (κ2) is 5.52. The van der Waals surface area contributed by atoms with E-state index in [2.05, 4.69) is 33.1 Å². The van der Waals surface area contributed by atoms with Crippen molar-refractivity contribution in [1.29, 1.82) is 0 Å². The maximum absolute atomic E-state index is 12.8. The normalized spacial score (nSPS) is 24.0. The van der Waals surface area contributed by atoms with E-state index in [1.165, 1.54) is 24.2 Å². The van der Waals surface area contributed by atoms with Gasteiger partial charge in [-0.25, -0.2) is 0 Å². The average molecular weight is 356 g/mol. The first-order valence-electron chi connectivity index (χ1n) is 8.68. The number of nitrogens with one attached hydrogen (secondary N) is 2. The van der Waals surface area contributed by atoms with Crippen molar-refractivity contribution in [3.8, 4) is 10.4 Å². The van der Waals surface area contributed by atoms with Crippen LogP contribution in [0.2, 0.25) is 0 Å². The zero-order chi connectivity index (χ0) is 17.0. The van der Waals surface area contributed by atoms with Crippen molar-refractivity contribution >= 4 is 21.4 Å². The molecule has 0 aromatic carbocycles. The Morgan fingerprint density at radius 3 is 2.96 bits per heavy atom. The van der Waals surface area contributed by atoms with Crippen molar-refractivity contribution in [1.82, 2.24) is 20.1 Å². The van der Waals surface area contributed by atoms with Crippen molar-refractivity contribution in [2.75, 3.05) is 19.7 Å². The van der Waals surface area contributed by atoms with Gasteiger partial charge >= 0.3 is 0 Å². The number of H-pyrrole nitrogens is 2. The molecule has 5 rings (SSSR count). The lowest BCUT2D eigenvalue weighted by Gasteiger charge is -2.42. The number of thiophene rings is 1. The second-order valence-electron chi connectivity index (χ2n) is 7.11. The summed E-state index contributed by atoms with van der Waals surface area (Å²) >= 11 is 1.51. The van der Waals surface area contributed by atoms with Crippen LogP contribution in [0.25, 0.3) is 20.5 Å². The van der Waals surface area contributed by atoms with Crippen LogP contribution in [0.1, 0.15) is 31.0 Å². The number of aromatic amines is 2. The highest BCUT2D eigenvalue weighted by molar-refractivity contribution is 7.22. The number of pyridine rings is 1. The van der Waals surface area contributed by atoms with Gasteiger partial charge < -0.3 is 9.72 Å². The molecule has 1 unspecified atom stereocenters. The molecule has 1 saturated heterocycles. The quantitative estimate of drug-likeness (QED) is 0.740. The lowest BCUT2D eigenvalue weighted by molar-refractivity contribution is -0.0181. The summed E-state index contributed by atoms with van der Waals surface area (Å²) in [7, 11) is 0. The summed E-state index contributed by atoms with van der Waals surface area (Å²) < 4.78 is 6.76. The number of likely N-dealkylation sites (tertiary alicyclic amines) is 1. The van der Waals surface area contributed by atoms with Crippen LogP contribution in [-0.4, -0.2) is 39.8 Å². The molecule has 1 fully saturated rings. The predicted molar refractivity (Wildman–Crippen MR) is 97.8 cm³/mol. The third kappa shape index (κ3) is 2.23. The summed E-state index contributed by atoms with van der Waals surface area (Å²) in [6.45, 7) is 5.49. The molecule has 0 saturated carbocycles. The molecule has 7 heteroatoms. The second-order valence-corrected chi connectivity index (χ2v) is 8.16. The average Bonchev–Trinajstić information content (AvgIpc) is 3.36. The summed E-state index contributed by atoms with van der Waals surface area (Å²) in [5, 5.41) is 7.88. The Kier molecular flexibility index (Phi) is 3.38. The van der Waals surface area contributed by atoms with Gasteiger partial charge in [-0.2, -0.15) is 5.10 Å². The highest BCUT2D eigenvalue weighted by Crippen LogP contribution is 2.41. The van der Waals surface area contributed by atoms with Gasteiger partial charge in [0.15, 0.2) is 0 Å². The molecule has 2 aliphatic rings. The van der Waals surface area contributed by atoms with Crippen LogP contribution in [0, 0.1) is 0 Å². The summed E-state index contributed by atoms with van der Waals surface area (Å²) in [6.07, 6.45) is 6.06. The van der Waals surface area contributed by atoms with E-state index >= 15 is 0 Å². The lowest BCUT2D eigenvalue weighted by Crippen LogP contribution is -2.49. The van der Waals surface area contributed by atoms with Gasteiger partial charge in [0.05, 0.1) is 24.9 Å². The maximum Gasteiger partial charge on any atom is 0.266 e. The Bertz CT molecular complexity index is 985. The molecular weight excluding hydrogens is 336 g/mol. The number of ether oxygens (including phenoxy) is 1. The SMILES string of the molecule is CC1(N2CCCC2)COCc2c1[nH]c(=O)c1sc(-c3cn[nH]c3)cc21. The fraction of sp³-hybridized carbons (Fsp3) is 0.444. The van der Waals surface area contributed by atoms with E-state index in [4.69, 9.17) is 4.74 Å². The molecule has 2 aliphatic heterocycles. The Hall–Kier alpha value is -1.96. The third-order valence-corrected chi connectivity index (χ3v) is 6.74. The Morgan fingerprint density at radius 1 is 1.36 bits per heavy atom. The van der Waals surface area contributed by atoms with Crippen molar-refractivity contribution in [2.45, 2.75) is 31.9 Å². The summed E-state index contributed by atoms with van der Waals surface area (Å²) in [6, 6.07) is 2.11. The van der Waals surface area contributed by atoms with Gasteiger partial charge in [0, 0.05) is 33.3 Å². The molecule has 1 atom stereocenters. The van der Waals surface area contributed by atoms with E-state index in [-0.39, 0.29) is 11.1 Å². The van der Waals surface area contributed by atoms with E-state index in [1.807, 2.05) is 6.20 Å². The van der Waals surface area contributed by atoms with Crippen LogP contribution in [0.5, 0.6) is 0 Å². The van der Waals surface area contributed by atoms with Gasteiger partial charge in [-0.05, 0) is 38.9 Å². The van der Waals surface area contributed by atoms with E-state index in [1.54, 1.807) is 6.20 Å². The fourth-order valence-corrected chi connectivity index (χ4v) is 5.25. The highest BCUT2D eigenvalue weighted by atomic mass is 32.1. The van der Waals surface area contributed by atoms with Gasteiger partial charge in [-0.15, -0.1) is 11.3 Å². The first kappa shape index (κ1) is 15.3. The van der Waals surface area contributed by atoms with Crippen molar-refractivity contribution in [3.63, 3.8) is 0 Å². The minimum absolute atomic E-state index is 0.000756. The third-order valence-electron chi connectivity index (χ3n) is 5.56. The molecule has 0 aliphatic carbocycles. The minimum atomic E-state index is -0.255. The number of nitrogens with zero attached hydrogens (tertiary/aromatic N) is 2. The van der Waals surface area contributed by atoms with Crippen molar-refractivity contribution in [2.24, 2.45) is 0 Å². The van der Waals surface area contributed by atoms with Gasteiger partial charge in [-0.3, -0.25) is 14.8 Å². The molecule has 130 valence electrons. The monoisotopic (exact) mass is 356 g/mol. The topological polar surface area (TPSA) is 74.0 Å². The number of hydrogen-bond donors (Lipinski definition) is 2. The molecule has 0 amide bonds. The van der Waals surface area contributed by atoms with Crippen LogP contribution < -0.4 is 5.56 Å². The Morgan fingerprint density at radius 2 is 2.20 bits per heavy atom. The summed E-state index contributed by atoms with van der Waals surface area (Å²) in [5.74, 6) is 0. The van der Waals surface area contributed by atoms with Gasteiger partial charge in [0.25, 0.3) is 5.56 Å². The molecule has 5 heterocycles. The van der Waals surface area contributed by atoms with Crippen molar-refractivity contribution in [3.05, 3.63) is 40.1 Å². The van der Waals surface area contributed by atoms with Crippen LogP contribution >= 0.6 is 11.3 Å². The van der Waals surface area contributed by atoms with E-state index < -0.39 is 0 Å². The molecular formula is C18H20N4O2S. The van der Waals surface area contributed by atoms with Crippen LogP contribution in [0.15, 0.2) is 23.3 Å².